The maximum absolute atomic E-state index is 13.2. The molecule has 0 saturated heterocycles. The Balaban J connectivity index is 1.85. The SMILES string of the molecule is CCOc1ccc(-c2c(C)nn3c(-c4ccccc4)c(C(=O)NCCCOC)cnc23)cc1OCC. The largest absolute Gasteiger partial charge is 0.490 e. The molecule has 4 rings (SSSR count). The van der Waals surface area contributed by atoms with Crippen molar-refractivity contribution in [2.24, 2.45) is 0 Å². The van der Waals surface area contributed by atoms with E-state index >= 15 is 0 Å². The van der Waals surface area contributed by atoms with Crippen molar-refractivity contribution >= 4 is 11.6 Å². The number of aromatic nitrogens is 3. The van der Waals surface area contributed by atoms with Crippen molar-refractivity contribution in [1.82, 2.24) is 19.9 Å². The Labute approximate surface area is 211 Å². The van der Waals surface area contributed by atoms with Crippen LogP contribution in [0.3, 0.4) is 0 Å². The molecule has 0 aliphatic rings. The van der Waals surface area contributed by atoms with Gasteiger partial charge < -0.3 is 19.5 Å². The molecule has 0 spiro atoms. The summed E-state index contributed by atoms with van der Waals surface area (Å²) in [7, 11) is 1.65. The Morgan fingerprint density at radius 3 is 2.47 bits per heavy atom. The molecule has 2 aromatic heterocycles. The molecule has 0 unspecified atom stereocenters. The van der Waals surface area contributed by atoms with Crippen LogP contribution in [0.1, 0.15) is 36.3 Å². The normalized spacial score (nSPS) is 11.0. The number of rotatable bonds is 11. The molecule has 0 aliphatic carbocycles. The van der Waals surface area contributed by atoms with Crippen LogP contribution in [0, 0.1) is 6.92 Å². The summed E-state index contributed by atoms with van der Waals surface area (Å²) >= 11 is 0. The summed E-state index contributed by atoms with van der Waals surface area (Å²) in [4.78, 5) is 17.9. The number of nitrogens with one attached hydrogen (secondary N) is 1. The van der Waals surface area contributed by atoms with Crippen LogP contribution in [0.4, 0.5) is 0 Å². The number of ether oxygens (including phenoxy) is 3. The standard InChI is InChI=1S/C28H32N4O4/c1-5-35-23-14-13-21(17-24(23)36-6-2)25-19(3)31-32-26(20-11-8-7-9-12-20)22(18-30-27(25)32)28(33)29-15-10-16-34-4/h7-9,11-14,17-18H,5-6,10,15-16H2,1-4H3,(H,29,33). The number of amides is 1. The third kappa shape index (κ3) is 5.18. The molecule has 2 aromatic carbocycles. The molecule has 1 N–H and O–H groups in total. The summed E-state index contributed by atoms with van der Waals surface area (Å²) in [6, 6.07) is 15.6. The molecule has 0 radical (unpaired) electrons. The minimum Gasteiger partial charge on any atom is -0.490 e. The third-order valence-corrected chi connectivity index (χ3v) is 5.75. The molecule has 0 atom stereocenters. The van der Waals surface area contributed by atoms with Gasteiger partial charge >= 0.3 is 0 Å². The van der Waals surface area contributed by atoms with Gasteiger partial charge in [0.25, 0.3) is 5.91 Å². The number of nitrogens with zero attached hydrogens (tertiary/aromatic N) is 3. The molecular weight excluding hydrogens is 456 g/mol. The van der Waals surface area contributed by atoms with Crippen molar-refractivity contribution in [3.63, 3.8) is 0 Å². The zero-order valence-corrected chi connectivity index (χ0v) is 21.2. The van der Waals surface area contributed by atoms with Crippen LogP contribution in [-0.4, -0.2) is 54.0 Å². The second-order valence-corrected chi connectivity index (χ2v) is 8.21. The fraction of sp³-hybridized carbons (Fsp3) is 0.321. The number of carbonyl (C=O) groups excluding carboxylic acids is 1. The highest BCUT2D eigenvalue weighted by atomic mass is 16.5. The first-order valence-corrected chi connectivity index (χ1v) is 12.2. The van der Waals surface area contributed by atoms with Gasteiger partial charge in [0.05, 0.1) is 30.2 Å². The topological polar surface area (TPSA) is 87.0 Å². The lowest BCUT2D eigenvalue weighted by Crippen LogP contribution is -2.26. The smallest absolute Gasteiger partial charge is 0.255 e. The van der Waals surface area contributed by atoms with E-state index in [9.17, 15) is 4.79 Å². The lowest BCUT2D eigenvalue weighted by molar-refractivity contribution is 0.0948. The number of benzene rings is 2. The van der Waals surface area contributed by atoms with Gasteiger partial charge in [-0.1, -0.05) is 36.4 Å². The lowest BCUT2D eigenvalue weighted by atomic mass is 10.0. The van der Waals surface area contributed by atoms with Gasteiger partial charge in [-0.15, -0.1) is 0 Å². The average molecular weight is 489 g/mol. The highest BCUT2D eigenvalue weighted by Crippen LogP contribution is 2.37. The van der Waals surface area contributed by atoms with Crippen molar-refractivity contribution in [2.45, 2.75) is 27.2 Å². The molecule has 8 heteroatoms. The van der Waals surface area contributed by atoms with Crippen molar-refractivity contribution < 1.29 is 19.0 Å². The molecule has 0 aliphatic heterocycles. The molecule has 0 fully saturated rings. The van der Waals surface area contributed by atoms with E-state index in [-0.39, 0.29) is 5.91 Å². The molecule has 8 nitrogen and oxygen atoms in total. The van der Waals surface area contributed by atoms with Crippen LogP contribution in [0.25, 0.3) is 28.0 Å². The van der Waals surface area contributed by atoms with Crippen LogP contribution in [0.15, 0.2) is 54.7 Å². The Kier molecular flexibility index (Phi) is 8.17. The summed E-state index contributed by atoms with van der Waals surface area (Å²) in [5.74, 6) is 1.17. The first-order valence-electron chi connectivity index (χ1n) is 12.2. The van der Waals surface area contributed by atoms with E-state index < -0.39 is 0 Å². The van der Waals surface area contributed by atoms with Gasteiger partial charge in [0.2, 0.25) is 0 Å². The molecule has 2 heterocycles. The maximum atomic E-state index is 13.2. The second kappa shape index (κ2) is 11.7. The van der Waals surface area contributed by atoms with E-state index in [0.29, 0.717) is 54.8 Å². The van der Waals surface area contributed by atoms with E-state index in [0.717, 1.165) is 28.8 Å². The van der Waals surface area contributed by atoms with Gasteiger partial charge in [0.15, 0.2) is 17.1 Å². The van der Waals surface area contributed by atoms with Gasteiger partial charge in [-0.3, -0.25) is 4.79 Å². The van der Waals surface area contributed by atoms with E-state index in [1.54, 1.807) is 17.8 Å². The highest BCUT2D eigenvalue weighted by Gasteiger charge is 2.22. The number of hydrogen-bond donors (Lipinski definition) is 1. The predicted molar refractivity (Wildman–Crippen MR) is 140 cm³/mol. The number of fused-ring (bicyclic) bond motifs is 1. The fourth-order valence-corrected chi connectivity index (χ4v) is 4.19. The highest BCUT2D eigenvalue weighted by molar-refractivity contribution is 6.00. The number of hydrogen-bond acceptors (Lipinski definition) is 6. The average Bonchev–Trinajstić information content (AvgIpc) is 3.23. The van der Waals surface area contributed by atoms with Crippen LogP contribution < -0.4 is 14.8 Å². The minimum atomic E-state index is -0.200. The first kappa shape index (κ1) is 25.2. The van der Waals surface area contributed by atoms with Crippen LogP contribution >= 0.6 is 0 Å². The van der Waals surface area contributed by atoms with Gasteiger partial charge in [0.1, 0.15) is 0 Å². The minimum absolute atomic E-state index is 0.200. The van der Waals surface area contributed by atoms with E-state index in [2.05, 4.69) is 5.32 Å². The molecule has 4 aromatic rings. The van der Waals surface area contributed by atoms with Gasteiger partial charge in [0, 0.05) is 37.6 Å². The first-order chi connectivity index (χ1) is 17.6. The number of carbonyl (C=O) groups is 1. The zero-order chi connectivity index (χ0) is 25.5. The van der Waals surface area contributed by atoms with Crippen LogP contribution in [0.5, 0.6) is 11.5 Å². The number of aryl methyl sites for hydroxylation is 1. The van der Waals surface area contributed by atoms with Crippen molar-refractivity contribution in [2.75, 3.05) is 33.5 Å². The second-order valence-electron chi connectivity index (χ2n) is 8.21. The summed E-state index contributed by atoms with van der Waals surface area (Å²) in [5.41, 5.74) is 5.28. The zero-order valence-electron chi connectivity index (χ0n) is 21.2. The Bertz CT molecular complexity index is 1330. The molecule has 0 bridgehead atoms. The van der Waals surface area contributed by atoms with Gasteiger partial charge in [-0.05, 0) is 44.9 Å². The van der Waals surface area contributed by atoms with E-state index in [4.69, 9.17) is 24.3 Å². The van der Waals surface area contributed by atoms with Gasteiger partial charge in [-0.25, -0.2) is 9.50 Å². The quantitative estimate of drug-likeness (QED) is 0.301. The van der Waals surface area contributed by atoms with Gasteiger partial charge in [-0.2, -0.15) is 5.10 Å². The van der Waals surface area contributed by atoms with Crippen molar-refractivity contribution in [3.05, 3.63) is 66.0 Å². The maximum Gasteiger partial charge on any atom is 0.255 e. The molecule has 36 heavy (non-hydrogen) atoms. The summed E-state index contributed by atoms with van der Waals surface area (Å²) in [6.45, 7) is 7.99. The van der Waals surface area contributed by atoms with Crippen molar-refractivity contribution in [1.29, 1.82) is 0 Å². The molecular formula is C28H32N4O4. The Morgan fingerprint density at radius 1 is 1.00 bits per heavy atom. The Morgan fingerprint density at radius 2 is 1.75 bits per heavy atom. The van der Waals surface area contributed by atoms with Crippen molar-refractivity contribution in [3.8, 4) is 33.9 Å². The van der Waals surface area contributed by atoms with Crippen LogP contribution in [0.2, 0.25) is 0 Å². The predicted octanol–water partition coefficient (Wildman–Crippen LogP) is 4.94. The molecule has 188 valence electrons. The lowest BCUT2D eigenvalue weighted by Gasteiger charge is -2.13. The van der Waals surface area contributed by atoms with Crippen LogP contribution in [-0.2, 0) is 4.74 Å². The Hall–Kier alpha value is -3.91. The summed E-state index contributed by atoms with van der Waals surface area (Å²) < 4.78 is 18.4. The molecule has 0 saturated carbocycles. The fourth-order valence-electron chi connectivity index (χ4n) is 4.19. The monoisotopic (exact) mass is 488 g/mol. The van der Waals surface area contributed by atoms with E-state index in [1.807, 2.05) is 69.3 Å². The molecule has 1 amide bonds. The summed E-state index contributed by atoms with van der Waals surface area (Å²) in [5, 5.41) is 7.81. The summed E-state index contributed by atoms with van der Waals surface area (Å²) in [6.07, 6.45) is 2.36. The number of methoxy groups -OCH3 is 1. The third-order valence-electron chi connectivity index (χ3n) is 5.75. The van der Waals surface area contributed by atoms with E-state index in [1.165, 1.54) is 0 Å².